The first-order valence-electron chi connectivity index (χ1n) is 6.05. The number of thiophene rings is 1. The van der Waals surface area contributed by atoms with Crippen LogP contribution in [0.1, 0.15) is 48.3 Å². The molecule has 0 fully saturated rings. The van der Waals surface area contributed by atoms with Crippen LogP contribution in [0.4, 0.5) is 0 Å². The Labute approximate surface area is 125 Å². The number of hydrogen-bond donors (Lipinski definition) is 1. The van der Waals surface area contributed by atoms with Gasteiger partial charge in [0.15, 0.2) is 0 Å². The summed E-state index contributed by atoms with van der Waals surface area (Å²) in [5, 5.41) is 6.85. The van der Waals surface area contributed by atoms with Crippen LogP contribution < -0.4 is 5.32 Å². The third kappa shape index (κ3) is 3.20. The van der Waals surface area contributed by atoms with Crippen molar-refractivity contribution in [2.24, 2.45) is 0 Å². The van der Waals surface area contributed by atoms with Crippen LogP contribution in [0.25, 0.3) is 0 Å². The number of hydrogen-bond acceptors (Lipinski definition) is 4. The second-order valence-electron chi connectivity index (χ2n) is 4.40. The molecule has 0 aliphatic rings. The largest absolute Gasteiger partial charge is 0.304 e. The highest BCUT2D eigenvalue weighted by atomic mass is 79.9. The van der Waals surface area contributed by atoms with E-state index in [1.54, 1.807) is 22.7 Å². The molecule has 2 nitrogen and oxygen atoms in total. The third-order valence-electron chi connectivity index (χ3n) is 2.66. The average molecular weight is 345 g/mol. The fraction of sp³-hybridized carbons (Fsp3) is 0.462. The van der Waals surface area contributed by atoms with Crippen LogP contribution >= 0.6 is 38.6 Å². The molecule has 2 rings (SSSR count). The highest BCUT2D eigenvalue weighted by Crippen LogP contribution is 2.33. The lowest BCUT2D eigenvalue weighted by Crippen LogP contribution is -2.21. The van der Waals surface area contributed by atoms with E-state index in [4.69, 9.17) is 4.98 Å². The van der Waals surface area contributed by atoms with Gasteiger partial charge < -0.3 is 5.32 Å². The molecule has 1 atom stereocenters. The predicted octanol–water partition coefficient (Wildman–Crippen LogP) is 4.79. The van der Waals surface area contributed by atoms with Crippen molar-refractivity contribution in [2.45, 2.75) is 32.7 Å². The minimum absolute atomic E-state index is 0.226. The summed E-state index contributed by atoms with van der Waals surface area (Å²) in [7, 11) is 0. The molecule has 2 aromatic rings. The zero-order valence-corrected chi connectivity index (χ0v) is 14.0. The Morgan fingerprint density at radius 3 is 2.67 bits per heavy atom. The van der Waals surface area contributed by atoms with Crippen LogP contribution in [-0.4, -0.2) is 11.5 Å². The maximum Gasteiger partial charge on any atom is 0.115 e. The van der Waals surface area contributed by atoms with Crippen molar-refractivity contribution in [3.05, 3.63) is 36.9 Å². The molecule has 0 spiro atoms. The highest BCUT2D eigenvalue weighted by molar-refractivity contribution is 9.11. The molecule has 0 amide bonds. The third-order valence-corrected chi connectivity index (χ3v) is 5.28. The minimum atomic E-state index is 0.226. The van der Waals surface area contributed by atoms with Crippen LogP contribution in [0.2, 0.25) is 0 Å². The van der Waals surface area contributed by atoms with E-state index < -0.39 is 0 Å². The van der Waals surface area contributed by atoms with Crippen molar-refractivity contribution >= 4 is 38.6 Å². The molecule has 2 aromatic heterocycles. The summed E-state index contributed by atoms with van der Waals surface area (Å²) in [6.07, 6.45) is 0. The van der Waals surface area contributed by atoms with Gasteiger partial charge in [-0.3, -0.25) is 0 Å². The number of aromatic nitrogens is 1. The van der Waals surface area contributed by atoms with Gasteiger partial charge in [-0.2, -0.15) is 0 Å². The first-order chi connectivity index (χ1) is 8.61. The van der Waals surface area contributed by atoms with Crippen molar-refractivity contribution in [1.29, 1.82) is 0 Å². The molecule has 0 aliphatic heterocycles. The van der Waals surface area contributed by atoms with E-state index in [0.717, 1.165) is 11.6 Å². The van der Waals surface area contributed by atoms with E-state index in [0.29, 0.717) is 5.92 Å². The summed E-state index contributed by atoms with van der Waals surface area (Å²) < 4.78 is 1.17. The van der Waals surface area contributed by atoms with E-state index in [9.17, 15) is 0 Å². The standard InChI is InChI=1S/C13H17BrN2S2/c1-4-15-12(10-5-6-11(14)18-10)13-16-9(7-17-13)8(2)3/h5-8,12,15H,4H2,1-3H3. The van der Waals surface area contributed by atoms with E-state index in [1.165, 1.54) is 14.4 Å². The Hall–Kier alpha value is -0.230. The Bertz CT molecular complexity index is 505. The first kappa shape index (κ1) is 14.2. The lowest BCUT2D eigenvalue weighted by molar-refractivity contribution is 0.632. The minimum Gasteiger partial charge on any atom is -0.304 e. The van der Waals surface area contributed by atoms with Gasteiger partial charge in [-0.15, -0.1) is 22.7 Å². The lowest BCUT2D eigenvalue weighted by Gasteiger charge is -2.13. The van der Waals surface area contributed by atoms with E-state index in [1.807, 2.05) is 0 Å². The van der Waals surface area contributed by atoms with Crippen LogP contribution in [-0.2, 0) is 0 Å². The molecular weight excluding hydrogens is 328 g/mol. The van der Waals surface area contributed by atoms with Crippen LogP contribution in [0.3, 0.4) is 0 Å². The smallest absolute Gasteiger partial charge is 0.115 e. The van der Waals surface area contributed by atoms with Crippen molar-refractivity contribution in [3.63, 3.8) is 0 Å². The molecule has 98 valence electrons. The van der Waals surface area contributed by atoms with Crippen molar-refractivity contribution < 1.29 is 0 Å². The Morgan fingerprint density at radius 1 is 1.39 bits per heavy atom. The van der Waals surface area contributed by atoms with Crippen LogP contribution in [0.15, 0.2) is 21.3 Å². The molecule has 0 bridgehead atoms. The average Bonchev–Trinajstić information content (AvgIpc) is 2.94. The first-order valence-corrected chi connectivity index (χ1v) is 8.54. The quantitative estimate of drug-likeness (QED) is 0.843. The molecule has 0 aliphatic carbocycles. The summed E-state index contributed by atoms with van der Waals surface area (Å²) in [5.74, 6) is 0.493. The Kier molecular flexibility index (Phi) is 4.95. The maximum atomic E-state index is 4.76. The van der Waals surface area contributed by atoms with Gasteiger partial charge in [-0.1, -0.05) is 20.8 Å². The number of thiazole rings is 1. The summed E-state index contributed by atoms with van der Waals surface area (Å²) in [6, 6.07) is 4.49. The molecule has 2 heterocycles. The van der Waals surface area contributed by atoms with Gasteiger partial charge in [0, 0.05) is 10.3 Å². The Morgan fingerprint density at radius 2 is 2.17 bits per heavy atom. The van der Waals surface area contributed by atoms with Gasteiger partial charge in [-0.05, 0) is 40.5 Å². The summed E-state index contributed by atoms with van der Waals surface area (Å²) >= 11 is 7.04. The maximum absolute atomic E-state index is 4.76. The summed E-state index contributed by atoms with van der Waals surface area (Å²) in [5.41, 5.74) is 1.19. The number of halogens is 1. The Balaban J connectivity index is 2.29. The van der Waals surface area contributed by atoms with Crippen molar-refractivity contribution in [3.8, 4) is 0 Å². The monoisotopic (exact) mass is 344 g/mol. The molecule has 0 radical (unpaired) electrons. The van der Waals surface area contributed by atoms with Gasteiger partial charge in [0.1, 0.15) is 5.01 Å². The number of nitrogens with one attached hydrogen (secondary N) is 1. The van der Waals surface area contributed by atoms with Gasteiger partial charge >= 0.3 is 0 Å². The lowest BCUT2D eigenvalue weighted by atomic mass is 10.1. The topological polar surface area (TPSA) is 24.9 Å². The molecule has 18 heavy (non-hydrogen) atoms. The molecule has 1 unspecified atom stereocenters. The molecule has 5 heteroatoms. The van der Waals surface area contributed by atoms with Gasteiger partial charge in [0.05, 0.1) is 15.5 Å². The number of rotatable bonds is 5. The fourth-order valence-electron chi connectivity index (χ4n) is 1.70. The second-order valence-corrected chi connectivity index (χ2v) is 7.78. The zero-order valence-electron chi connectivity index (χ0n) is 10.7. The molecular formula is C13H17BrN2S2. The van der Waals surface area contributed by atoms with Crippen molar-refractivity contribution in [1.82, 2.24) is 10.3 Å². The zero-order chi connectivity index (χ0) is 13.1. The molecule has 1 N–H and O–H groups in total. The number of nitrogens with zero attached hydrogens (tertiary/aromatic N) is 1. The van der Waals surface area contributed by atoms with Crippen LogP contribution in [0, 0.1) is 0 Å². The molecule has 0 saturated heterocycles. The second kappa shape index (κ2) is 6.28. The normalized spacial score (nSPS) is 13.2. The SMILES string of the molecule is CCNC(c1ccc(Br)s1)c1nc(C(C)C)cs1. The van der Waals surface area contributed by atoms with Gasteiger partial charge in [-0.25, -0.2) is 4.98 Å². The van der Waals surface area contributed by atoms with E-state index in [-0.39, 0.29) is 6.04 Å². The van der Waals surface area contributed by atoms with Gasteiger partial charge in [0.2, 0.25) is 0 Å². The van der Waals surface area contributed by atoms with Crippen LogP contribution in [0.5, 0.6) is 0 Å². The highest BCUT2D eigenvalue weighted by Gasteiger charge is 2.19. The molecule has 0 saturated carbocycles. The fourth-order valence-corrected chi connectivity index (χ4v) is 4.34. The van der Waals surface area contributed by atoms with Crippen molar-refractivity contribution in [2.75, 3.05) is 6.54 Å². The predicted molar refractivity (Wildman–Crippen MR) is 83.7 cm³/mol. The summed E-state index contributed by atoms with van der Waals surface area (Å²) in [4.78, 5) is 6.08. The van der Waals surface area contributed by atoms with E-state index in [2.05, 4.69) is 59.5 Å². The summed E-state index contributed by atoms with van der Waals surface area (Å²) in [6.45, 7) is 7.44. The van der Waals surface area contributed by atoms with Gasteiger partial charge in [0.25, 0.3) is 0 Å². The van der Waals surface area contributed by atoms with E-state index >= 15 is 0 Å². The molecule has 0 aromatic carbocycles.